The predicted molar refractivity (Wildman–Crippen MR) is 365 cm³/mol. The maximum absolute atomic E-state index is 3.27. The van der Waals surface area contributed by atoms with E-state index in [1.54, 1.807) is 0 Å². The summed E-state index contributed by atoms with van der Waals surface area (Å²) in [7, 11) is -3.27. The largest absolute Gasteiger partial charge is 0.311 e. The standard InChI is InChI=1S/C79H62B2N2Si/c1-49-41-58-60-42-50(78(2,3)4)44-69-76(60)81(64-38-24-26-40-68(64)82(69)52-27-13-8-14-28-52)66-47-62-71(84(54-31-17-10-18-32-54,55-33-19-11-20-34-55)56-35-21-12-22-36-56)48-59-61-43-51(79(5,6)7)45-70-77(61)80(65-46-57(49)74(72(58)66)75(62)73(59)65)63-37-23-25-39-67(63)83(70)53-29-15-9-16-30-53/h8-48H,1-7H3. The van der Waals surface area contributed by atoms with E-state index in [0.29, 0.717) is 0 Å². The topological polar surface area (TPSA) is 6.48 Å². The molecule has 0 aliphatic carbocycles. The number of para-hydroxylation sites is 4. The zero-order valence-electron chi connectivity index (χ0n) is 48.7. The molecular weight excluding hydrogens is 1030 g/mol. The molecule has 0 N–H and O–H groups in total. The quantitative estimate of drug-likeness (QED) is 0.0930. The van der Waals surface area contributed by atoms with Crippen molar-refractivity contribution < 1.29 is 0 Å². The first-order chi connectivity index (χ1) is 40.9. The Morgan fingerprint density at radius 3 is 1.12 bits per heavy atom. The summed E-state index contributed by atoms with van der Waals surface area (Å²) in [4.78, 5) is 5.15. The number of hydrogen-bond acceptors (Lipinski definition) is 2. The second-order valence-electron chi connectivity index (χ2n) is 26.3. The molecule has 0 atom stereocenters. The molecule has 0 bridgehead atoms. The van der Waals surface area contributed by atoms with Gasteiger partial charge in [-0.05, 0) is 180 Å². The monoisotopic (exact) mass is 1090 g/mol. The van der Waals surface area contributed by atoms with Crippen molar-refractivity contribution in [2.24, 2.45) is 0 Å². The Morgan fingerprint density at radius 2 is 0.690 bits per heavy atom. The van der Waals surface area contributed by atoms with Crippen LogP contribution in [-0.2, 0) is 10.8 Å². The number of hydrogen-bond donors (Lipinski definition) is 0. The van der Waals surface area contributed by atoms with Gasteiger partial charge in [0, 0.05) is 34.1 Å². The Labute approximate surface area is 495 Å². The highest BCUT2D eigenvalue weighted by Gasteiger charge is 2.49. The molecule has 398 valence electrons. The smallest absolute Gasteiger partial charge is 0.248 e. The van der Waals surface area contributed by atoms with Crippen molar-refractivity contribution in [3.8, 4) is 22.3 Å². The molecular formula is C79H62B2N2Si. The van der Waals surface area contributed by atoms with E-state index in [0.717, 1.165) is 0 Å². The molecule has 5 heteroatoms. The van der Waals surface area contributed by atoms with Crippen LogP contribution in [0.3, 0.4) is 0 Å². The molecule has 0 spiro atoms. The van der Waals surface area contributed by atoms with Crippen LogP contribution in [0.15, 0.2) is 249 Å². The van der Waals surface area contributed by atoms with Gasteiger partial charge in [-0.2, -0.15) is 0 Å². The molecule has 0 saturated carbocycles. The van der Waals surface area contributed by atoms with Crippen molar-refractivity contribution in [2.75, 3.05) is 9.80 Å². The fourth-order valence-electron chi connectivity index (χ4n) is 16.0. The lowest BCUT2D eigenvalue weighted by Gasteiger charge is -2.44. The predicted octanol–water partition coefficient (Wildman–Crippen LogP) is 13.4. The fraction of sp³-hybridized carbons (Fsp3) is 0.114. The van der Waals surface area contributed by atoms with Crippen molar-refractivity contribution in [3.05, 3.63) is 265 Å². The van der Waals surface area contributed by atoms with Gasteiger partial charge < -0.3 is 9.80 Å². The lowest BCUT2D eigenvalue weighted by molar-refractivity contribution is 0.590. The van der Waals surface area contributed by atoms with Gasteiger partial charge in [0.25, 0.3) is 0 Å². The summed E-state index contributed by atoms with van der Waals surface area (Å²) >= 11 is 0. The molecule has 0 radical (unpaired) electrons. The van der Waals surface area contributed by atoms with Crippen LogP contribution in [0.2, 0.25) is 0 Å². The van der Waals surface area contributed by atoms with Gasteiger partial charge >= 0.3 is 0 Å². The van der Waals surface area contributed by atoms with Gasteiger partial charge in [0.05, 0.1) is 0 Å². The normalized spacial score (nSPS) is 13.8. The molecule has 0 unspecified atom stereocenters. The summed E-state index contributed by atoms with van der Waals surface area (Å²) in [5, 5.41) is 13.9. The summed E-state index contributed by atoms with van der Waals surface area (Å²) in [6, 6.07) is 96.9. The highest BCUT2D eigenvalue weighted by atomic mass is 28.3. The summed E-state index contributed by atoms with van der Waals surface area (Å²) in [5.41, 5.74) is 24.8. The van der Waals surface area contributed by atoms with Crippen molar-refractivity contribution in [2.45, 2.75) is 59.3 Å². The molecule has 0 fully saturated rings. The number of rotatable bonds is 6. The van der Waals surface area contributed by atoms with Crippen LogP contribution in [0.1, 0.15) is 58.2 Å². The molecule has 0 amide bonds. The fourth-order valence-corrected chi connectivity index (χ4v) is 21.0. The van der Waals surface area contributed by atoms with Crippen molar-refractivity contribution in [3.63, 3.8) is 0 Å². The van der Waals surface area contributed by atoms with Gasteiger partial charge in [0.2, 0.25) is 13.4 Å². The van der Waals surface area contributed by atoms with Gasteiger partial charge in [0.1, 0.15) is 0 Å². The van der Waals surface area contributed by atoms with Crippen LogP contribution in [0.5, 0.6) is 0 Å². The van der Waals surface area contributed by atoms with Crippen molar-refractivity contribution >= 4 is 141 Å². The summed E-state index contributed by atoms with van der Waals surface area (Å²) in [6.45, 7) is 16.7. The molecule has 84 heavy (non-hydrogen) atoms. The van der Waals surface area contributed by atoms with E-state index >= 15 is 0 Å². The molecule has 0 saturated heterocycles. The molecule has 0 aromatic heterocycles. The van der Waals surface area contributed by atoms with E-state index in [-0.39, 0.29) is 24.3 Å². The summed E-state index contributed by atoms with van der Waals surface area (Å²) < 4.78 is 0. The minimum atomic E-state index is -3.27. The molecule has 17 rings (SSSR count). The minimum absolute atomic E-state index is 0.0113. The second-order valence-corrected chi connectivity index (χ2v) is 30.1. The Kier molecular flexibility index (Phi) is 10.4. The van der Waals surface area contributed by atoms with E-state index in [4.69, 9.17) is 0 Å². The third-order valence-electron chi connectivity index (χ3n) is 19.7. The molecule has 13 aromatic rings. The zero-order valence-corrected chi connectivity index (χ0v) is 49.7. The van der Waals surface area contributed by atoms with Gasteiger partial charge in [-0.25, -0.2) is 0 Å². The average Bonchev–Trinajstić information content (AvgIpc) is 0.679. The second kappa shape index (κ2) is 17.7. The van der Waals surface area contributed by atoms with Gasteiger partial charge in [0.15, 0.2) is 8.07 Å². The number of aryl methyl sites for hydroxylation is 1. The van der Waals surface area contributed by atoms with Crippen LogP contribution in [0.25, 0.3) is 54.6 Å². The van der Waals surface area contributed by atoms with Gasteiger partial charge in [-0.1, -0.05) is 253 Å². The average molecular weight is 1090 g/mol. The van der Waals surface area contributed by atoms with Crippen LogP contribution in [-0.4, -0.2) is 21.5 Å². The Bertz CT molecular complexity index is 4780. The number of nitrogens with zero attached hydrogens (tertiary/aromatic N) is 2. The van der Waals surface area contributed by atoms with Gasteiger partial charge in [-0.3, -0.25) is 0 Å². The highest BCUT2D eigenvalue weighted by Crippen LogP contribution is 2.51. The molecule has 4 aliphatic rings. The lowest BCUT2D eigenvalue weighted by Crippen LogP contribution is -2.75. The highest BCUT2D eigenvalue weighted by molar-refractivity contribution is 7.21. The van der Waals surface area contributed by atoms with Gasteiger partial charge in [-0.15, -0.1) is 0 Å². The summed E-state index contributed by atoms with van der Waals surface area (Å²) in [5.74, 6) is 0. The third-order valence-corrected chi connectivity index (χ3v) is 24.5. The number of benzene rings is 13. The van der Waals surface area contributed by atoms with Crippen LogP contribution >= 0.6 is 0 Å². The van der Waals surface area contributed by atoms with Crippen LogP contribution < -0.4 is 63.3 Å². The van der Waals surface area contributed by atoms with E-state index in [9.17, 15) is 0 Å². The SMILES string of the molecule is Cc1cc2c3c(cc4c([Si](c5ccccc5)(c5ccccc5)c5ccccc5)cc5c6c(cc1c3c46)B1c3ccccc3N(c3ccccc3)c3cc(C(C)(C)C)cc-5c31)B1c3ccccc3N(c3ccccc3)c3cc(C(C)(C)C)cc-2c31. The van der Waals surface area contributed by atoms with Crippen LogP contribution in [0.4, 0.5) is 34.1 Å². The van der Waals surface area contributed by atoms with E-state index in [2.05, 4.69) is 307 Å². The Hall–Kier alpha value is -9.15. The van der Waals surface area contributed by atoms with E-state index in [1.165, 1.54) is 159 Å². The van der Waals surface area contributed by atoms with E-state index in [1.807, 2.05) is 0 Å². The van der Waals surface area contributed by atoms with Crippen LogP contribution in [0, 0.1) is 6.92 Å². The first-order valence-corrected chi connectivity index (χ1v) is 32.2. The minimum Gasteiger partial charge on any atom is -0.311 e. The van der Waals surface area contributed by atoms with E-state index < -0.39 is 8.07 Å². The zero-order chi connectivity index (χ0) is 56.5. The van der Waals surface area contributed by atoms with Crippen molar-refractivity contribution in [1.82, 2.24) is 0 Å². The Balaban J connectivity index is 1.12. The Morgan fingerprint density at radius 1 is 0.321 bits per heavy atom. The molecule has 13 aromatic carbocycles. The number of fused-ring (bicyclic) bond motifs is 8. The maximum Gasteiger partial charge on any atom is 0.248 e. The lowest BCUT2D eigenvalue weighted by atomic mass is 9.31. The molecule has 2 nitrogen and oxygen atoms in total. The molecule has 4 aliphatic heterocycles. The maximum atomic E-state index is 2.76. The summed E-state index contributed by atoms with van der Waals surface area (Å²) in [6.07, 6.45) is 0. The number of anilines is 6. The first-order valence-electron chi connectivity index (χ1n) is 30.2. The molecule has 4 heterocycles. The third kappa shape index (κ3) is 6.70. The van der Waals surface area contributed by atoms with Crippen molar-refractivity contribution in [1.29, 1.82) is 0 Å². The first kappa shape index (κ1) is 49.5.